The molecule has 1 amide bonds. The molecule has 0 radical (unpaired) electrons. The molecule has 1 heterocycles. The fraction of sp³-hybridized carbons (Fsp3) is 0.357. The first-order valence-corrected chi connectivity index (χ1v) is 6.02. The highest BCUT2D eigenvalue weighted by Gasteiger charge is 2.36. The summed E-state index contributed by atoms with van der Waals surface area (Å²) in [6.45, 7) is 2.01. The van der Waals surface area contributed by atoms with E-state index in [1.807, 2.05) is 31.2 Å². The van der Waals surface area contributed by atoms with Gasteiger partial charge in [-0.15, -0.1) is 0 Å². The molecule has 0 spiro atoms. The molecule has 1 saturated heterocycles. The predicted molar refractivity (Wildman–Crippen MR) is 68.2 cm³/mol. The number of carbonyl (C=O) groups excluding carboxylic acids is 2. The summed E-state index contributed by atoms with van der Waals surface area (Å²) in [5.41, 5.74) is 1.89. The molecule has 0 unspecified atom stereocenters. The first-order valence-electron chi connectivity index (χ1n) is 6.02. The van der Waals surface area contributed by atoms with Crippen molar-refractivity contribution in [2.24, 2.45) is 5.92 Å². The molecule has 1 aromatic rings. The van der Waals surface area contributed by atoms with Gasteiger partial charge in [0.1, 0.15) is 6.07 Å². The van der Waals surface area contributed by atoms with Crippen molar-refractivity contribution in [1.82, 2.24) is 0 Å². The van der Waals surface area contributed by atoms with Crippen LogP contribution < -0.4 is 4.90 Å². The minimum Gasteiger partial charge on any atom is -0.450 e. The van der Waals surface area contributed by atoms with Gasteiger partial charge in [-0.25, -0.2) is 0 Å². The van der Waals surface area contributed by atoms with Crippen LogP contribution in [0.1, 0.15) is 12.0 Å². The Hall–Kier alpha value is -2.35. The zero-order valence-corrected chi connectivity index (χ0v) is 10.6. The number of nitrogens with zero attached hydrogens (tertiary/aromatic N) is 2. The Kier molecular flexibility index (Phi) is 3.81. The number of nitriles is 1. The minimum absolute atomic E-state index is 0.0947. The Labute approximate surface area is 111 Å². The van der Waals surface area contributed by atoms with E-state index in [1.165, 1.54) is 0 Å². The number of hydrogen-bond donors (Lipinski definition) is 0. The lowest BCUT2D eigenvalue weighted by Gasteiger charge is -2.16. The number of rotatable bonds is 3. The van der Waals surface area contributed by atoms with Gasteiger partial charge in [0.2, 0.25) is 5.91 Å². The Morgan fingerprint density at radius 2 is 2.16 bits per heavy atom. The predicted octanol–water partition coefficient (Wildman–Crippen LogP) is 1.41. The third-order valence-electron chi connectivity index (χ3n) is 3.08. The fourth-order valence-corrected chi connectivity index (χ4v) is 2.06. The third-order valence-corrected chi connectivity index (χ3v) is 3.08. The lowest BCUT2D eigenvalue weighted by atomic mass is 10.1. The maximum absolute atomic E-state index is 11.9. The van der Waals surface area contributed by atoms with Crippen LogP contribution in [0.25, 0.3) is 0 Å². The largest absolute Gasteiger partial charge is 0.450 e. The number of carbonyl (C=O) groups is 2. The average molecular weight is 258 g/mol. The molecule has 19 heavy (non-hydrogen) atoms. The van der Waals surface area contributed by atoms with Gasteiger partial charge in [-0.2, -0.15) is 5.26 Å². The first-order chi connectivity index (χ1) is 9.11. The smallest absolute Gasteiger partial charge is 0.312 e. The molecule has 98 valence electrons. The molecule has 5 nitrogen and oxygen atoms in total. The Balaban J connectivity index is 2.05. The maximum Gasteiger partial charge on any atom is 0.312 e. The van der Waals surface area contributed by atoms with E-state index in [-0.39, 0.29) is 18.9 Å². The lowest BCUT2D eigenvalue weighted by Crippen LogP contribution is -2.26. The van der Waals surface area contributed by atoms with Crippen LogP contribution in [0.2, 0.25) is 0 Å². The van der Waals surface area contributed by atoms with Crippen LogP contribution in [-0.2, 0) is 14.3 Å². The normalized spacial score (nSPS) is 18.2. The summed E-state index contributed by atoms with van der Waals surface area (Å²) < 4.78 is 4.75. The van der Waals surface area contributed by atoms with Gasteiger partial charge < -0.3 is 9.64 Å². The number of hydrogen-bond acceptors (Lipinski definition) is 4. The van der Waals surface area contributed by atoms with E-state index < -0.39 is 11.9 Å². The lowest BCUT2D eigenvalue weighted by molar-refractivity contribution is -0.146. The quantitative estimate of drug-likeness (QED) is 0.769. The van der Waals surface area contributed by atoms with Crippen LogP contribution in [0.4, 0.5) is 5.69 Å². The second kappa shape index (κ2) is 5.53. The highest BCUT2D eigenvalue weighted by atomic mass is 16.5. The number of amides is 1. The topological polar surface area (TPSA) is 70.4 Å². The molecule has 0 aliphatic carbocycles. The van der Waals surface area contributed by atoms with Crippen molar-refractivity contribution in [1.29, 1.82) is 5.26 Å². The van der Waals surface area contributed by atoms with E-state index in [0.717, 1.165) is 11.3 Å². The molecule has 2 rings (SSSR count). The fourth-order valence-electron chi connectivity index (χ4n) is 2.06. The van der Waals surface area contributed by atoms with Crippen molar-refractivity contribution in [2.45, 2.75) is 13.3 Å². The van der Waals surface area contributed by atoms with E-state index in [1.54, 1.807) is 11.0 Å². The number of anilines is 1. The first kappa shape index (κ1) is 13.1. The SMILES string of the molecule is Cc1ccc(N2C[C@@H](C(=O)OCC#N)CC2=O)cc1. The second-order valence-electron chi connectivity index (χ2n) is 4.51. The molecule has 1 aromatic carbocycles. The van der Waals surface area contributed by atoms with Crippen LogP contribution >= 0.6 is 0 Å². The van der Waals surface area contributed by atoms with E-state index in [0.29, 0.717) is 6.54 Å². The van der Waals surface area contributed by atoms with E-state index >= 15 is 0 Å². The third kappa shape index (κ3) is 2.91. The molecule has 0 bridgehead atoms. The van der Waals surface area contributed by atoms with E-state index in [9.17, 15) is 9.59 Å². The number of aryl methyl sites for hydroxylation is 1. The van der Waals surface area contributed by atoms with Gasteiger partial charge >= 0.3 is 5.97 Å². The van der Waals surface area contributed by atoms with Gasteiger partial charge in [0.25, 0.3) is 0 Å². The molecule has 5 heteroatoms. The van der Waals surface area contributed by atoms with Crippen LogP contribution in [0.3, 0.4) is 0 Å². The minimum atomic E-state index is -0.484. The summed E-state index contributed by atoms with van der Waals surface area (Å²) in [6.07, 6.45) is 0.137. The molecule has 1 aliphatic rings. The van der Waals surface area contributed by atoms with Gasteiger partial charge in [-0.3, -0.25) is 9.59 Å². The van der Waals surface area contributed by atoms with Crippen molar-refractivity contribution in [3.8, 4) is 6.07 Å². The summed E-state index contributed by atoms with van der Waals surface area (Å²) in [4.78, 5) is 25.1. The van der Waals surface area contributed by atoms with Gasteiger partial charge in [-0.1, -0.05) is 17.7 Å². The van der Waals surface area contributed by atoms with Gasteiger partial charge in [0.05, 0.1) is 5.92 Å². The molecule has 0 aromatic heterocycles. The van der Waals surface area contributed by atoms with Gasteiger partial charge in [-0.05, 0) is 19.1 Å². The standard InChI is InChI=1S/C14H14N2O3/c1-10-2-4-12(5-3-10)16-9-11(8-13(16)17)14(18)19-7-6-15/h2-5,11H,7-9H2,1H3/t11-/m0/s1. The van der Waals surface area contributed by atoms with Crippen molar-refractivity contribution < 1.29 is 14.3 Å². The number of benzene rings is 1. The number of ether oxygens (including phenoxy) is 1. The summed E-state index contributed by atoms with van der Waals surface area (Å²) in [7, 11) is 0. The zero-order chi connectivity index (χ0) is 13.8. The molecule has 0 N–H and O–H groups in total. The van der Waals surface area contributed by atoms with Crippen molar-refractivity contribution in [3.63, 3.8) is 0 Å². The van der Waals surface area contributed by atoms with Crippen molar-refractivity contribution in [3.05, 3.63) is 29.8 Å². The van der Waals surface area contributed by atoms with Gasteiger partial charge in [0, 0.05) is 18.7 Å². The highest BCUT2D eigenvalue weighted by Crippen LogP contribution is 2.25. The monoisotopic (exact) mass is 258 g/mol. The molecule has 1 fully saturated rings. The van der Waals surface area contributed by atoms with Crippen LogP contribution in [0.5, 0.6) is 0 Å². The number of esters is 1. The van der Waals surface area contributed by atoms with Crippen molar-refractivity contribution >= 4 is 17.6 Å². The van der Waals surface area contributed by atoms with Crippen LogP contribution in [0, 0.1) is 24.2 Å². The zero-order valence-electron chi connectivity index (χ0n) is 10.6. The molecule has 0 saturated carbocycles. The average Bonchev–Trinajstić information content (AvgIpc) is 2.79. The molecular weight excluding hydrogens is 244 g/mol. The Morgan fingerprint density at radius 3 is 2.79 bits per heavy atom. The summed E-state index contributed by atoms with van der Waals surface area (Å²) in [6, 6.07) is 9.30. The Bertz CT molecular complexity index is 531. The van der Waals surface area contributed by atoms with Gasteiger partial charge in [0.15, 0.2) is 6.61 Å². The summed E-state index contributed by atoms with van der Waals surface area (Å²) >= 11 is 0. The van der Waals surface area contributed by atoms with Crippen LogP contribution in [0.15, 0.2) is 24.3 Å². The van der Waals surface area contributed by atoms with E-state index in [2.05, 4.69) is 0 Å². The maximum atomic E-state index is 11.9. The van der Waals surface area contributed by atoms with E-state index in [4.69, 9.17) is 10.00 Å². The van der Waals surface area contributed by atoms with Crippen LogP contribution in [-0.4, -0.2) is 25.0 Å². The molecular formula is C14H14N2O3. The second-order valence-corrected chi connectivity index (χ2v) is 4.51. The molecule has 1 atom stereocenters. The highest BCUT2D eigenvalue weighted by molar-refractivity contribution is 5.99. The Morgan fingerprint density at radius 1 is 1.47 bits per heavy atom. The summed E-state index contributed by atoms with van der Waals surface area (Å²) in [5, 5.41) is 8.36. The molecule has 1 aliphatic heterocycles. The van der Waals surface area contributed by atoms with Crippen molar-refractivity contribution in [2.75, 3.05) is 18.1 Å². The summed E-state index contributed by atoms with van der Waals surface area (Å²) in [5.74, 6) is -1.06.